The summed E-state index contributed by atoms with van der Waals surface area (Å²) in [6.07, 6.45) is 1.09. The van der Waals surface area contributed by atoms with Gasteiger partial charge < -0.3 is 5.32 Å². The molecule has 0 aliphatic heterocycles. The minimum atomic E-state index is -0.173. The molecule has 1 rings (SSSR count). The SMILES string of the molecule is CCNC(c1ccc(F)cc1)C(C)(C)CC. The van der Waals surface area contributed by atoms with Crippen LogP contribution in [0.15, 0.2) is 24.3 Å². The summed E-state index contributed by atoms with van der Waals surface area (Å²) in [5.74, 6) is -0.173. The molecule has 0 fully saturated rings. The van der Waals surface area contributed by atoms with E-state index in [1.807, 2.05) is 12.1 Å². The Balaban J connectivity index is 2.97. The molecule has 1 atom stereocenters. The van der Waals surface area contributed by atoms with E-state index in [0.29, 0.717) is 0 Å². The van der Waals surface area contributed by atoms with Crippen molar-refractivity contribution in [2.24, 2.45) is 5.41 Å². The minimum absolute atomic E-state index is 0.173. The van der Waals surface area contributed by atoms with Crippen LogP contribution in [0.25, 0.3) is 0 Å². The Hall–Kier alpha value is -0.890. The van der Waals surface area contributed by atoms with Gasteiger partial charge in [-0.15, -0.1) is 0 Å². The van der Waals surface area contributed by atoms with E-state index < -0.39 is 0 Å². The van der Waals surface area contributed by atoms with Crippen molar-refractivity contribution in [2.75, 3.05) is 6.54 Å². The minimum Gasteiger partial charge on any atom is -0.310 e. The molecule has 1 aromatic rings. The predicted molar refractivity (Wildman–Crippen MR) is 66.9 cm³/mol. The number of halogens is 1. The summed E-state index contributed by atoms with van der Waals surface area (Å²) >= 11 is 0. The molecule has 16 heavy (non-hydrogen) atoms. The van der Waals surface area contributed by atoms with Gasteiger partial charge in [-0.2, -0.15) is 0 Å². The summed E-state index contributed by atoms with van der Waals surface area (Å²) < 4.78 is 12.9. The van der Waals surface area contributed by atoms with Crippen LogP contribution >= 0.6 is 0 Å². The summed E-state index contributed by atoms with van der Waals surface area (Å²) in [5, 5.41) is 3.49. The summed E-state index contributed by atoms with van der Waals surface area (Å²) in [4.78, 5) is 0. The van der Waals surface area contributed by atoms with E-state index in [2.05, 4.69) is 33.0 Å². The lowest BCUT2D eigenvalue weighted by molar-refractivity contribution is 0.237. The number of benzene rings is 1. The summed E-state index contributed by atoms with van der Waals surface area (Å²) in [6.45, 7) is 9.69. The third-order valence-corrected chi connectivity index (χ3v) is 3.30. The maximum atomic E-state index is 12.9. The Morgan fingerprint density at radius 1 is 1.19 bits per heavy atom. The summed E-state index contributed by atoms with van der Waals surface area (Å²) in [7, 11) is 0. The van der Waals surface area contributed by atoms with Gasteiger partial charge in [-0.3, -0.25) is 0 Å². The Labute approximate surface area is 98.1 Å². The van der Waals surface area contributed by atoms with Gasteiger partial charge in [0.1, 0.15) is 5.82 Å². The first-order valence-corrected chi connectivity index (χ1v) is 6.00. The van der Waals surface area contributed by atoms with Crippen molar-refractivity contribution >= 4 is 0 Å². The molecule has 0 spiro atoms. The highest BCUT2D eigenvalue weighted by Crippen LogP contribution is 2.36. The fourth-order valence-electron chi connectivity index (χ4n) is 1.91. The molecular weight excluding hydrogens is 201 g/mol. The Morgan fingerprint density at radius 2 is 1.75 bits per heavy atom. The second-order valence-electron chi connectivity index (χ2n) is 4.88. The van der Waals surface area contributed by atoms with E-state index >= 15 is 0 Å². The lowest BCUT2D eigenvalue weighted by atomic mass is 9.78. The zero-order chi connectivity index (χ0) is 12.2. The molecule has 0 heterocycles. The van der Waals surface area contributed by atoms with E-state index in [1.54, 1.807) is 0 Å². The molecule has 1 nitrogen and oxygen atoms in total. The first kappa shape index (κ1) is 13.2. The number of rotatable bonds is 5. The van der Waals surface area contributed by atoms with E-state index in [-0.39, 0.29) is 17.3 Å². The van der Waals surface area contributed by atoms with Crippen LogP contribution < -0.4 is 5.32 Å². The van der Waals surface area contributed by atoms with Gasteiger partial charge in [-0.25, -0.2) is 4.39 Å². The zero-order valence-corrected chi connectivity index (χ0v) is 10.7. The molecule has 0 aromatic heterocycles. The molecule has 0 aliphatic carbocycles. The van der Waals surface area contributed by atoms with Crippen LogP contribution in [0.1, 0.15) is 45.7 Å². The zero-order valence-electron chi connectivity index (χ0n) is 10.7. The fourth-order valence-corrected chi connectivity index (χ4v) is 1.91. The topological polar surface area (TPSA) is 12.0 Å². The average molecular weight is 223 g/mol. The molecular formula is C14H22FN. The van der Waals surface area contributed by atoms with Crippen LogP contribution in [0, 0.1) is 11.2 Å². The largest absolute Gasteiger partial charge is 0.310 e. The van der Waals surface area contributed by atoms with E-state index in [0.717, 1.165) is 18.5 Å². The normalized spacial score (nSPS) is 13.8. The average Bonchev–Trinajstić information content (AvgIpc) is 2.27. The summed E-state index contributed by atoms with van der Waals surface area (Å²) in [5.41, 5.74) is 1.34. The predicted octanol–water partition coefficient (Wildman–Crippen LogP) is 3.91. The quantitative estimate of drug-likeness (QED) is 0.798. The maximum absolute atomic E-state index is 12.9. The van der Waals surface area contributed by atoms with Crippen LogP contribution in [0.2, 0.25) is 0 Å². The molecule has 0 aliphatic rings. The molecule has 0 saturated heterocycles. The van der Waals surface area contributed by atoms with Crippen LogP contribution in [0.4, 0.5) is 4.39 Å². The Bertz CT molecular complexity index is 316. The van der Waals surface area contributed by atoms with Crippen molar-refractivity contribution < 1.29 is 4.39 Å². The van der Waals surface area contributed by atoms with E-state index in [4.69, 9.17) is 0 Å². The highest BCUT2D eigenvalue weighted by atomic mass is 19.1. The summed E-state index contributed by atoms with van der Waals surface area (Å²) in [6, 6.07) is 7.10. The first-order chi connectivity index (χ1) is 7.51. The highest BCUT2D eigenvalue weighted by Gasteiger charge is 2.28. The molecule has 2 heteroatoms. The lowest BCUT2D eigenvalue weighted by Gasteiger charge is -2.34. The number of hydrogen-bond acceptors (Lipinski definition) is 1. The molecule has 0 radical (unpaired) electrons. The van der Waals surface area contributed by atoms with Gasteiger partial charge in [0.15, 0.2) is 0 Å². The standard InChI is InChI=1S/C14H22FN/c1-5-14(3,4)13(16-6-2)11-7-9-12(15)10-8-11/h7-10,13,16H,5-6H2,1-4H3. The smallest absolute Gasteiger partial charge is 0.123 e. The first-order valence-electron chi connectivity index (χ1n) is 6.00. The molecule has 0 bridgehead atoms. The third kappa shape index (κ3) is 3.05. The van der Waals surface area contributed by atoms with Crippen LogP contribution in [-0.2, 0) is 0 Å². The van der Waals surface area contributed by atoms with Gasteiger partial charge >= 0.3 is 0 Å². The van der Waals surface area contributed by atoms with Gasteiger partial charge in [0.05, 0.1) is 0 Å². The lowest BCUT2D eigenvalue weighted by Crippen LogP contribution is -2.33. The molecule has 0 amide bonds. The van der Waals surface area contributed by atoms with Crippen molar-refractivity contribution in [3.63, 3.8) is 0 Å². The molecule has 0 saturated carbocycles. The monoisotopic (exact) mass is 223 g/mol. The Morgan fingerprint density at radius 3 is 2.19 bits per heavy atom. The van der Waals surface area contributed by atoms with Crippen molar-refractivity contribution in [1.29, 1.82) is 0 Å². The van der Waals surface area contributed by atoms with Gasteiger partial charge in [0.2, 0.25) is 0 Å². The van der Waals surface area contributed by atoms with Gasteiger partial charge in [-0.1, -0.05) is 39.8 Å². The Kier molecular flexibility index (Phi) is 4.48. The number of hydrogen-bond donors (Lipinski definition) is 1. The third-order valence-electron chi connectivity index (χ3n) is 3.30. The molecule has 90 valence electrons. The molecule has 1 N–H and O–H groups in total. The maximum Gasteiger partial charge on any atom is 0.123 e. The molecule has 1 unspecified atom stereocenters. The number of nitrogens with one attached hydrogen (secondary N) is 1. The second kappa shape index (κ2) is 5.44. The van der Waals surface area contributed by atoms with Crippen molar-refractivity contribution in [2.45, 2.75) is 40.2 Å². The van der Waals surface area contributed by atoms with Gasteiger partial charge in [0, 0.05) is 6.04 Å². The van der Waals surface area contributed by atoms with Crippen LogP contribution in [-0.4, -0.2) is 6.54 Å². The van der Waals surface area contributed by atoms with Gasteiger partial charge in [-0.05, 0) is 36.1 Å². The van der Waals surface area contributed by atoms with Crippen molar-refractivity contribution in [3.8, 4) is 0 Å². The van der Waals surface area contributed by atoms with E-state index in [1.165, 1.54) is 12.1 Å². The van der Waals surface area contributed by atoms with E-state index in [9.17, 15) is 4.39 Å². The van der Waals surface area contributed by atoms with Crippen LogP contribution in [0.3, 0.4) is 0 Å². The second-order valence-corrected chi connectivity index (χ2v) is 4.88. The molecule has 1 aromatic carbocycles. The van der Waals surface area contributed by atoms with Gasteiger partial charge in [0.25, 0.3) is 0 Å². The fraction of sp³-hybridized carbons (Fsp3) is 0.571. The van der Waals surface area contributed by atoms with Crippen molar-refractivity contribution in [1.82, 2.24) is 5.32 Å². The highest BCUT2D eigenvalue weighted by molar-refractivity contribution is 5.21. The van der Waals surface area contributed by atoms with Crippen molar-refractivity contribution in [3.05, 3.63) is 35.6 Å². The van der Waals surface area contributed by atoms with Crippen LogP contribution in [0.5, 0.6) is 0 Å².